The van der Waals surface area contributed by atoms with Gasteiger partial charge in [-0.2, -0.15) is 0 Å². The summed E-state index contributed by atoms with van der Waals surface area (Å²) in [4.78, 5) is 1.24. The number of hydrogen-bond donors (Lipinski definition) is 1. The van der Waals surface area contributed by atoms with Crippen molar-refractivity contribution in [3.8, 4) is 0 Å². The van der Waals surface area contributed by atoms with Gasteiger partial charge >= 0.3 is 0 Å². The third kappa shape index (κ3) is 3.42. The van der Waals surface area contributed by atoms with Crippen LogP contribution >= 0.6 is 11.9 Å². The fourth-order valence-corrected chi connectivity index (χ4v) is 1.99. The molecule has 2 aromatic carbocycles. The van der Waals surface area contributed by atoms with Crippen LogP contribution in [0.2, 0.25) is 0 Å². The van der Waals surface area contributed by atoms with E-state index in [0.29, 0.717) is 0 Å². The van der Waals surface area contributed by atoms with Crippen LogP contribution in [0, 0.1) is 0 Å². The van der Waals surface area contributed by atoms with E-state index < -0.39 is 0 Å². The smallest absolute Gasteiger partial charge is 0.0313 e. The molecule has 2 heteroatoms. The molecule has 0 atom stereocenters. The molecule has 0 saturated carbocycles. The van der Waals surface area contributed by atoms with Gasteiger partial charge in [0.05, 0.1) is 0 Å². The Balaban J connectivity index is 1.81. The van der Waals surface area contributed by atoms with Gasteiger partial charge in [0.2, 0.25) is 0 Å². The maximum atomic E-state index is 3.33. The van der Waals surface area contributed by atoms with E-state index in [0.717, 1.165) is 6.54 Å². The molecule has 2 rings (SSSR count). The Morgan fingerprint density at radius 2 is 1.40 bits per heavy atom. The van der Waals surface area contributed by atoms with Crippen molar-refractivity contribution >= 4 is 11.9 Å². The Kier molecular flexibility index (Phi) is 3.83. The van der Waals surface area contributed by atoms with E-state index in [2.05, 4.69) is 41.1 Å². The van der Waals surface area contributed by atoms with Gasteiger partial charge < -0.3 is 0 Å². The summed E-state index contributed by atoms with van der Waals surface area (Å²) >= 11 is 1.67. The lowest BCUT2D eigenvalue weighted by Gasteiger charge is -2.03. The Labute approximate surface area is 94.7 Å². The highest BCUT2D eigenvalue weighted by atomic mass is 32.2. The number of nitrogens with one attached hydrogen (secondary N) is 1. The summed E-state index contributed by atoms with van der Waals surface area (Å²) in [6.07, 6.45) is 0. The Morgan fingerprint density at radius 1 is 0.800 bits per heavy atom. The van der Waals surface area contributed by atoms with Gasteiger partial charge in [-0.1, -0.05) is 48.5 Å². The predicted molar refractivity (Wildman–Crippen MR) is 65.6 cm³/mol. The highest BCUT2D eigenvalue weighted by molar-refractivity contribution is 7.97. The number of hydrogen-bond acceptors (Lipinski definition) is 2. The standard InChI is InChI=1S/C13H13NS/c1-3-7-12(8-4-1)11-14-15-13-9-5-2-6-10-13/h1-10,14H,11H2. The monoisotopic (exact) mass is 215 g/mol. The molecular formula is C13H13NS. The van der Waals surface area contributed by atoms with Crippen LogP contribution < -0.4 is 4.72 Å². The number of benzene rings is 2. The zero-order chi connectivity index (χ0) is 10.3. The minimum atomic E-state index is 0.889. The quantitative estimate of drug-likeness (QED) is 0.784. The van der Waals surface area contributed by atoms with Crippen molar-refractivity contribution in [2.75, 3.05) is 0 Å². The van der Waals surface area contributed by atoms with E-state index in [1.165, 1.54) is 10.5 Å². The van der Waals surface area contributed by atoms with Crippen molar-refractivity contribution in [3.63, 3.8) is 0 Å². The van der Waals surface area contributed by atoms with Gasteiger partial charge in [0.15, 0.2) is 0 Å². The highest BCUT2D eigenvalue weighted by Crippen LogP contribution is 2.13. The molecule has 0 unspecified atom stereocenters. The molecule has 1 nitrogen and oxygen atoms in total. The fraction of sp³-hybridized carbons (Fsp3) is 0.0769. The minimum absolute atomic E-state index is 0.889. The summed E-state index contributed by atoms with van der Waals surface area (Å²) in [5.41, 5.74) is 1.31. The van der Waals surface area contributed by atoms with E-state index in [1.807, 2.05) is 24.3 Å². The zero-order valence-corrected chi connectivity index (χ0v) is 9.21. The maximum absolute atomic E-state index is 3.33. The Hall–Kier alpha value is -1.25. The number of rotatable bonds is 4. The molecule has 0 aromatic heterocycles. The highest BCUT2D eigenvalue weighted by Gasteiger charge is 1.92. The van der Waals surface area contributed by atoms with Crippen molar-refractivity contribution < 1.29 is 0 Å². The summed E-state index contributed by atoms with van der Waals surface area (Å²) in [5, 5.41) is 0. The average Bonchev–Trinajstić information content (AvgIpc) is 2.32. The second-order valence-corrected chi connectivity index (χ2v) is 4.19. The van der Waals surface area contributed by atoms with E-state index in [4.69, 9.17) is 0 Å². The maximum Gasteiger partial charge on any atom is 0.0313 e. The van der Waals surface area contributed by atoms with Gasteiger partial charge in [-0.15, -0.1) is 0 Å². The molecule has 0 radical (unpaired) electrons. The van der Waals surface area contributed by atoms with E-state index in [9.17, 15) is 0 Å². The SMILES string of the molecule is c1ccc(CNSc2ccccc2)cc1. The lowest BCUT2D eigenvalue weighted by molar-refractivity contribution is 0.975. The normalized spacial score (nSPS) is 10.1. The largest absolute Gasteiger partial charge is 0.255 e. The van der Waals surface area contributed by atoms with Crippen molar-refractivity contribution in [1.29, 1.82) is 0 Å². The summed E-state index contributed by atoms with van der Waals surface area (Å²) in [6, 6.07) is 20.7. The second-order valence-electron chi connectivity index (χ2n) is 3.22. The van der Waals surface area contributed by atoms with Crippen LogP contribution in [0.4, 0.5) is 0 Å². The molecule has 15 heavy (non-hydrogen) atoms. The van der Waals surface area contributed by atoms with Crippen molar-refractivity contribution in [3.05, 3.63) is 66.2 Å². The van der Waals surface area contributed by atoms with E-state index in [-0.39, 0.29) is 0 Å². The van der Waals surface area contributed by atoms with Gasteiger partial charge in [0, 0.05) is 11.4 Å². The molecule has 0 amide bonds. The second kappa shape index (κ2) is 5.59. The van der Waals surface area contributed by atoms with Crippen molar-refractivity contribution in [2.45, 2.75) is 11.4 Å². The first kappa shape index (κ1) is 10.3. The molecule has 0 aliphatic carbocycles. The van der Waals surface area contributed by atoms with Crippen LogP contribution in [0.1, 0.15) is 5.56 Å². The third-order valence-corrected chi connectivity index (χ3v) is 2.85. The van der Waals surface area contributed by atoms with Gasteiger partial charge in [-0.05, 0) is 29.6 Å². The van der Waals surface area contributed by atoms with Crippen molar-refractivity contribution in [1.82, 2.24) is 4.72 Å². The molecule has 0 aliphatic heterocycles. The van der Waals surface area contributed by atoms with E-state index >= 15 is 0 Å². The summed E-state index contributed by atoms with van der Waals surface area (Å²) in [5.74, 6) is 0. The zero-order valence-electron chi connectivity index (χ0n) is 8.39. The molecule has 0 heterocycles. The first-order valence-corrected chi connectivity index (χ1v) is 5.75. The Bertz CT molecular complexity index is 346. The molecule has 0 aliphatic rings. The van der Waals surface area contributed by atoms with Crippen LogP contribution in [-0.4, -0.2) is 0 Å². The molecule has 76 valence electrons. The summed E-state index contributed by atoms with van der Waals surface area (Å²) < 4.78 is 3.33. The fourth-order valence-electron chi connectivity index (χ4n) is 1.29. The third-order valence-electron chi connectivity index (χ3n) is 2.05. The molecule has 0 saturated heterocycles. The summed E-state index contributed by atoms with van der Waals surface area (Å²) in [7, 11) is 0. The minimum Gasteiger partial charge on any atom is -0.255 e. The van der Waals surface area contributed by atoms with Crippen molar-refractivity contribution in [2.24, 2.45) is 0 Å². The van der Waals surface area contributed by atoms with Gasteiger partial charge in [0.1, 0.15) is 0 Å². The van der Waals surface area contributed by atoms with E-state index in [1.54, 1.807) is 11.9 Å². The predicted octanol–water partition coefficient (Wildman–Crippen LogP) is 3.48. The first-order chi connectivity index (χ1) is 7.45. The molecular weight excluding hydrogens is 202 g/mol. The van der Waals surface area contributed by atoms with Gasteiger partial charge in [-0.3, -0.25) is 4.72 Å². The van der Waals surface area contributed by atoms with Crippen LogP contribution in [0.25, 0.3) is 0 Å². The summed E-state index contributed by atoms with van der Waals surface area (Å²) in [6.45, 7) is 0.889. The van der Waals surface area contributed by atoms with Gasteiger partial charge in [0.25, 0.3) is 0 Å². The molecule has 1 N–H and O–H groups in total. The lowest BCUT2D eigenvalue weighted by Crippen LogP contribution is -2.02. The topological polar surface area (TPSA) is 12.0 Å². The molecule has 0 spiro atoms. The van der Waals surface area contributed by atoms with Crippen LogP contribution in [-0.2, 0) is 6.54 Å². The average molecular weight is 215 g/mol. The molecule has 2 aromatic rings. The van der Waals surface area contributed by atoms with Crippen LogP contribution in [0.15, 0.2) is 65.6 Å². The molecule has 0 fully saturated rings. The van der Waals surface area contributed by atoms with Crippen LogP contribution in [0.5, 0.6) is 0 Å². The van der Waals surface area contributed by atoms with Gasteiger partial charge in [-0.25, -0.2) is 0 Å². The lowest BCUT2D eigenvalue weighted by atomic mass is 10.2. The first-order valence-electron chi connectivity index (χ1n) is 4.94. The van der Waals surface area contributed by atoms with Crippen LogP contribution in [0.3, 0.4) is 0 Å². The molecule has 0 bridgehead atoms. The Morgan fingerprint density at radius 3 is 2.07 bits per heavy atom.